The standard InChI is InChI=1S/C22H24FN5O3S/c1-26-19-17(21(30)27(2)22(26)31)20(25-18(24-19)14-9-5-6-10-15(14)23)32-13-16(29)28-11-7-3-4-8-12-28/h5-6,9-10H,3-4,7-8,11-13H2,1-2H3. The fourth-order valence-corrected chi connectivity index (χ4v) is 4.75. The minimum Gasteiger partial charge on any atom is -0.342 e. The normalized spacial score (nSPS) is 14.5. The van der Waals surface area contributed by atoms with Gasteiger partial charge in [0.05, 0.1) is 11.3 Å². The zero-order chi connectivity index (χ0) is 22.8. The maximum absolute atomic E-state index is 14.4. The summed E-state index contributed by atoms with van der Waals surface area (Å²) >= 11 is 1.12. The van der Waals surface area contributed by atoms with Crippen LogP contribution in [-0.2, 0) is 18.9 Å². The first kappa shape index (κ1) is 22.2. The molecule has 0 unspecified atom stereocenters. The summed E-state index contributed by atoms with van der Waals surface area (Å²) in [4.78, 5) is 48.8. The Labute approximate surface area is 188 Å². The van der Waals surface area contributed by atoms with E-state index in [4.69, 9.17) is 0 Å². The van der Waals surface area contributed by atoms with Crippen LogP contribution in [0, 0.1) is 5.82 Å². The lowest BCUT2D eigenvalue weighted by atomic mass is 10.2. The monoisotopic (exact) mass is 457 g/mol. The quantitative estimate of drug-likeness (QED) is 0.441. The van der Waals surface area contributed by atoms with Crippen LogP contribution >= 0.6 is 11.8 Å². The number of fused-ring (bicyclic) bond motifs is 1. The van der Waals surface area contributed by atoms with Gasteiger partial charge in [0.15, 0.2) is 11.5 Å². The number of amides is 1. The summed E-state index contributed by atoms with van der Waals surface area (Å²) in [6, 6.07) is 6.04. The zero-order valence-corrected chi connectivity index (χ0v) is 18.8. The number of hydrogen-bond acceptors (Lipinski definition) is 6. The molecule has 1 saturated heterocycles. The van der Waals surface area contributed by atoms with Gasteiger partial charge in [-0.1, -0.05) is 36.7 Å². The summed E-state index contributed by atoms with van der Waals surface area (Å²) in [5.41, 5.74) is -0.829. The number of carbonyl (C=O) groups is 1. The second-order valence-electron chi connectivity index (χ2n) is 7.82. The van der Waals surface area contributed by atoms with Crippen LogP contribution in [-0.4, -0.2) is 48.8 Å². The molecule has 2 aromatic heterocycles. The minimum atomic E-state index is -0.548. The molecule has 1 aliphatic heterocycles. The third-order valence-corrected chi connectivity index (χ3v) is 6.63. The maximum atomic E-state index is 14.4. The number of nitrogens with zero attached hydrogens (tertiary/aromatic N) is 5. The molecule has 1 aromatic carbocycles. The van der Waals surface area contributed by atoms with Crippen molar-refractivity contribution in [1.29, 1.82) is 0 Å². The van der Waals surface area contributed by atoms with Crippen LogP contribution < -0.4 is 11.2 Å². The van der Waals surface area contributed by atoms with Gasteiger partial charge < -0.3 is 4.90 Å². The maximum Gasteiger partial charge on any atom is 0.332 e. The van der Waals surface area contributed by atoms with E-state index in [0.717, 1.165) is 55.1 Å². The number of hydrogen-bond donors (Lipinski definition) is 0. The van der Waals surface area contributed by atoms with E-state index in [-0.39, 0.29) is 39.1 Å². The van der Waals surface area contributed by atoms with Crippen molar-refractivity contribution in [1.82, 2.24) is 24.0 Å². The summed E-state index contributed by atoms with van der Waals surface area (Å²) in [5, 5.41) is 0.399. The summed E-state index contributed by atoms with van der Waals surface area (Å²) in [6.45, 7) is 1.45. The Morgan fingerprint density at radius 2 is 1.72 bits per heavy atom. The second kappa shape index (κ2) is 9.23. The SMILES string of the molecule is Cn1c(=O)c2c(SCC(=O)N3CCCCCC3)nc(-c3ccccc3F)nc2n(C)c1=O. The molecular formula is C22H24FN5O3S. The molecular weight excluding hydrogens is 433 g/mol. The van der Waals surface area contributed by atoms with Gasteiger partial charge in [0, 0.05) is 27.2 Å². The van der Waals surface area contributed by atoms with Crippen molar-refractivity contribution in [3.05, 3.63) is 50.9 Å². The number of carbonyl (C=O) groups excluding carboxylic acids is 1. The first-order chi connectivity index (χ1) is 15.4. The third kappa shape index (κ3) is 4.19. The largest absolute Gasteiger partial charge is 0.342 e. The predicted octanol–water partition coefficient (Wildman–Crippen LogP) is 2.33. The van der Waals surface area contributed by atoms with Crippen LogP contribution in [0.25, 0.3) is 22.4 Å². The molecule has 168 valence electrons. The van der Waals surface area contributed by atoms with Crippen molar-refractivity contribution in [3.63, 3.8) is 0 Å². The van der Waals surface area contributed by atoms with Crippen LogP contribution in [0.4, 0.5) is 4.39 Å². The fourth-order valence-electron chi connectivity index (χ4n) is 3.84. The Kier molecular flexibility index (Phi) is 6.40. The Hall–Kier alpha value is -3.01. The van der Waals surface area contributed by atoms with E-state index in [0.29, 0.717) is 0 Å². The molecule has 32 heavy (non-hydrogen) atoms. The molecule has 1 fully saturated rings. The molecule has 1 amide bonds. The van der Waals surface area contributed by atoms with Gasteiger partial charge in [0.1, 0.15) is 16.2 Å². The van der Waals surface area contributed by atoms with Crippen molar-refractivity contribution in [2.75, 3.05) is 18.8 Å². The van der Waals surface area contributed by atoms with E-state index in [1.807, 2.05) is 4.90 Å². The summed E-state index contributed by atoms with van der Waals surface area (Å²) in [7, 11) is 2.88. The average Bonchev–Trinajstić information content (AvgIpc) is 3.09. The van der Waals surface area contributed by atoms with Crippen molar-refractivity contribution in [3.8, 4) is 11.4 Å². The second-order valence-corrected chi connectivity index (χ2v) is 8.78. The molecule has 0 radical (unpaired) electrons. The van der Waals surface area contributed by atoms with Crippen LogP contribution in [0.1, 0.15) is 25.7 Å². The molecule has 0 spiro atoms. The fraction of sp³-hybridized carbons (Fsp3) is 0.409. The summed E-state index contributed by atoms with van der Waals surface area (Å²) in [5.74, 6) is -0.395. The van der Waals surface area contributed by atoms with Gasteiger partial charge in [0.2, 0.25) is 5.91 Å². The van der Waals surface area contributed by atoms with E-state index in [1.54, 1.807) is 12.1 Å². The zero-order valence-electron chi connectivity index (χ0n) is 18.0. The molecule has 0 N–H and O–H groups in total. The molecule has 3 aromatic rings. The lowest BCUT2D eigenvalue weighted by Gasteiger charge is -2.20. The Bertz CT molecular complexity index is 1300. The highest BCUT2D eigenvalue weighted by atomic mass is 32.2. The van der Waals surface area contributed by atoms with Gasteiger partial charge in [-0.2, -0.15) is 0 Å². The number of likely N-dealkylation sites (tertiary alicyclic amines) is 1. The highest BCUT2D eigenvalue weighted by molar-refractivity contribution is 8.00. The molecule has 0 atom stereocenters. The number of halogens is 1. The van der Waals surface area contributed by atoms with Crippen molar-refractivity contribution >= 4 is 28.7 Å². The number of benzene rings is 1. The topological polar surface area (TPSA) is 90.1 Å². The molecule has 3 heterocycles. The Balaban J connectivity index is 1.80. The van der Waals surface area contributed by atoms with E-state index < -0.39 is 17.1 Å². The average molecular weight is 458 g/mol. The van der Waals surface area contributed by atoms with Gasteiger partial charge >= 0.3 is 5.69 Å². The van der Waals surface area contributed by atoms with Crippen molar-refractivity contribution < 1.29 is 9.18 Å². The lowest BCUT2D eigenvalue weighted by Crippen LogP contribution is -2.38. The first-order valence-electron chi connectivity index (χ1n) is 10.5. The smallest absolute Gasteiger partial charge is 0.332 e. The molecule has 4 rings (SSSR count). The third-order valence-electron chi connectivity index (χ3n) is 5.67. The molecule has 8 nitrogen and oxygen atoms in total. The van der Waals surface area contributed by atoms with Gasteiger partial charge in [-0.05, 0) is 25.0 Å². The molecule has 0 bridgehead atoms. The lowest BCUT2D eigenvalue weighted by molar-refractivity contribution is -0.128. The van der Waals surface area contributed by atoms with Crippen LogP contribution in [0.2, 0.25) is 0 Å². The molecule has 0 saturated carbocycles. The summed E-state index contributed by atoms with van der Waals surface area (Å²) < 4.78 is 16.7. The number of thioether (sulfide) groups is 1. The van der Waals surface area contributed by atoms with E-state index in [9.17, 15) is 18.8 Å². The van der Waals surface area contributed by atoms with Crippen LogP contribution in [0.15, 0.2) is 38.9 Å². The number of aromatic nitrogens is 4. The van der Waals surface area contributed by atoms with Gasteiger partial charge in [0.25, 0.3) is 5.56 Å². The Morgan fingerprint density at radius 3 is 2.41 bits per heavy atom. The highest BCUT2D eigenvalue weighted by Gasteiger charge is 2.21. The van der Waals surface area contributed by atoms with Gasteiger partial charge in [-0.15, -0.1) is 0 Å². The highest BCUT2D eigenvalue weighted by Crippen LogP contribution is 2.27. The van der Waals surface area contributed by atoms with E-state index in [2.05, 4.69) is 9.97 Å². The molecule has 0 aliphatic carbocycles. The number of rotatable bonds is 4. The molecule has 1 aliphatic rings. The first-order valence-corrected chi connectivity index (χ1v) is 11.5. The van der Waals surface area contributed by atoms with Crippen molar-refractivity contribution in [2.24, 2.45) is 14.1 Å². The van der Waals surface area contributed by atoms with E-state index >= 15 is 0 Å². The van der Waals surface area contributed by atoms with Crippen LogP contribution in [0.3, 0.4) is 0 Å². The van der Waals surface area contributed by atoms with Crippen molar-refractivity contribution in [2.45, 2.75) is 30.7 Å². The van der Waals surface area contributed by atoms with Gasteiger partial charge in [-0.25, -0.2) is 19.2 Å². The Morgan fingerprint density at radius 1 is 1.03 bits per heavy atom. The van der Waals surface area contributed by atoms with Crippen LogP contribution in [0.5, 0.6) is 0 Å². The number of aryl methyl sites for hydroxylation is 1. The minimum absolute atomic E-state index is 0.0299. The molecule has 10 heteroatoms. The summed E-state index contributed by atoms with van der Waals surface area (Å²) in [6.07, 6.45) is 4.19. The predicted molar refractivity (Wildman–Crippen MR) is 121 cm³/mol. The van der Waals surface area contributed by atoms with Gasteiger partial charge in [-0.3, -0.25) is 18.7 Å². The van der Waals surface area contributed by atoms with E-state index in [1.165, 1.54) is 30.8 Å².